The average Bonchev–Trinajstić information content (AvgIpc) is 3.31. The number of thiophene rings is 1. The Morgan fingerprint density at radius 1 is 1.33 bits per heavy atom. The van der Waals surface area contributed by atoms with Crippen LogP contribution in [-0.4, -0.2) is 35.0 Å². The molecular weight excluding hydrogens is 322 g/mol. The average molecular weight is 347 g/mol. The van der Waals surface area contributed by atoms with Gasteiger partial charge in [-0.25, -0.2) is 4.98 Å². The zero-order valence-electron chi connectivity index (χ0n) is 13.9. The number of imidazole rings is 1. The molecule has 2 fully saturated rings. The van der Waals surface area contributed by atoms with Gasteiger partial charge in [0, 0.05) is 36.7 Å². The maximum absolute atomic E-state index is 6.34. The molecule has 2 aromatic rings. The number of H-pyrrole nitrogens is 1. The van der Waals surface area contributed by atoms with Crippen molar-refractivity contribution in [2.45, 2.75) is 56.5 Å². The van der Waals surface area contributed by atoms with Gasteiger partial charge in [-0.05, 0) is 24.3 Å². The molecule has 0 bridgehead atoms. The van der Waals surface area contributed by atoms with E-state index in [1.54, 1.807) is 17.5 Å². The van der Waals surface area contributed by atoms with E-state index in [1.807, 2.05) is 6.20 Å². The minimum atomic E-state index is -0.314. The van der Waals surface area contributed by atoms with Crippen molar-refractivity contribution in [3.8, 4) is 0 Å². The van der Waals surface area contributed by atoms with Gasteiger partial charge >= 0.3 is 0 Å². The first-order valence-electron chi connectivity index (χ1n) is 8.92. The number of nitrogens with zero attached hydrogens (tertiary/aromatic N) is 1. The number of rotatable bonds is 5. The number of hydrogen-bond acceptors (Lipinski definition) is 5. The highest BCUT2D eigenvalue weighted by Crippen LogP contribution is 2.36. The molecule has 1 saturated carbocycles. The molecule has 0 unspecified atom stereocenters. The molecule has 0 aromatic carbocycles. The Labute approximate surface area is 146 Å². The van der Waals surface area contributed by atoms with Crippen molar-refractivity contribution in [3.05, 3.63) is 40.6 Å². The molecule has 2 N–H and O–H groups in total. The van der Waals surface area contributed by atoms with Gasteiger partial charge in [-0.3, -0.25) is 0 Å². The molecule has 1 aliphatic heterocycles. The van der Waals surface area contributed by atoms with Gasteiger partial charge in [-0.1, -0.05) is 18.9 Å². The van der Waals surface area contributed by atoms with E-state index in [0.717, 1.165) is 25.2 Å². The molecule has 0 amide bonds. The molecule has 3 heterocycles. The molecule has 2 atom stereocenters. The van der Waals surface area contributed by atoms with Crippen LogP contribution in [0.2, 0.25) is 0 Å². The Hall–Kier alpha value is -1.21. The highest BCUT2D eigenvalue weighted by molar-refractivity contribution is 7.10. The lowest BCUT2D eigenvalue weighted by Gasteiger charge is -2.26. The number of aromatic nitrogens is 2. The topological polar surface area (TPSA) is 59.2 Å². The summed E-state index contributed by atoms with van der Waals surface area (Å²) in [5.41, 5.74) is 0. The monoisotopic (exact) mass is 347 g/mol. The van der Waals surface area contributed by atoms with Gasteiger partial charge in [0.1, 0.15) is 11.9 Å². The molecule has 1 saturated heterocycles. The van der Waals surface area contributed by atoms with Crippen LogP contribution in [0.1, 0.15) is 55.3 Å². The summed E-state index contributed by atoms with van der Waals surface area (Å²) in [6.45, 7) is 1.45. The Morgan fingerprint density at radius 2 is 2.21 bits per heavy atom. The molecule has 6 heteroatoms. The van der Waals surface area contributed by atoms with Gasteiger partial charge in [0.2, 0.25) is 0 Å². The summed E-state index contributed by atoms with van der Waals surface area (Å²) >= 11 is 1.74. The number of ether oxygens (including phenoxy) is 2. The van der Waals surface area contributed by atoms with E-state index in [2.05, 4.69) is 32.8 Å². The molecule has 1 aliphatic carbocycles. The predicted octanol–water partition coefficient (Wildman–Crippen LogP) is 3.62. The fourth-order valence-electron chi connectivity index (χ4n) is 3.72. The van der Waals surface area contributed by atoms with E-state index < -0.39 is 0 Å². The van der Waals surface area contributed by atoms with Crippen LogP contribution in [0.15, 0.2) is 29.9 Å². The van der Waals surface area contributed by atoms with E-state index in [4.69, 9.17) is 9.47 Å². The van der Waals surface area contributed by atoms with E-state index in [0.29, 0.717) is 6.61 Å². The molecule has 0 radical (unpaired) electrons. The second kappa shape index (κ2) is 7.35. The smallest absolute Gasteiger partial charge is 0.168 e. The maximum Gasteiger partial charge on any atom is 0.168 e. The van der Waals surface area contributed by atoms with Crippen LogP contribution in [0.5, 0.6) is 0 Å². The van der Waals surface area contributed by atoms with Crippen LogP contribution >= 0.6 is 11.3 Å². The first-order chi connectivity index (χ1) is 11.8. The molecule has 2 aliphatic rings. The van der Waals surface area contributed by atoms with Crippen LogP contribution in [0, 0.1) is 0 Å². The van der Waals surface area contributed by atoms with Gasteiger partial charge in [-0.2, -0.15) is 0 Å². The summed E-state index contributed by atoms with van der Waals surface area (Å²) in [5.74, 6) is 0.631. The highest BCUT2D eigenvalue weighted by Gasteiger charge is 2.41. The van der Waals surface area contributed by atoms with Crippen molar-refractivity contribution in [2.75, 3.05) is 13.2 Å². The first-order valence-corrected chi connectivity index (χ1v) is 9.80. The number of aromatic amines is 1. The molecule has 2 aromatic heterocycles. The third-order valence-electron chi connectivity index (χ3n) is 4.95. The Bertz CT molecular complexity index is 572. The van der Waals surface area contributed by atoms with Crippen molar-refractivity contribution in [2.24, 2.45) is 0 Å². The van der Waals surface area contributed by atoms with E-state index in [9.17, 15) is 0 Å². The minimum absolute atomic E-state index is 0.0780. The Kier molecular flexibility index (Phi) is 4.98. The molecule has 1 spiro atoms. The summed E-state index contributed by atoms with van der Waals surface area (Å²) in [7, 11) is 0. The van der Waals surface area contributed by atoms with Crippen LogP contribution in [0.3, 0.4) is 0 Å². The lowest BCUT2D eigenvalue weighted by atomic mass is 10.1. The predicted molar refractivity (Wildman–Crippen MR) is 94.0 cm³/mol. The van der Waals surface area contributed by atoms with E-state index in [-0.39, 0.29) is 17.9 Å². The second-order valence-corrected chi connectivity index (χ2v) is 7.69. The van der Waals surface area contributed by atoms with Crippen molar-refractivity contribution in [3.63, 3.8) is 0 Å². The third-order valence-corrected chi connectivity index (χ3v) is 5.89. The molecule has 130 valence electrons. The van der Waals surface area contributed by atoms with Gasteiger partial charge < -0.3 is 19.8 Å². The quantitative estimate of drug-likeness (QED) is 0.867. The van der Waals surface area contributed by atoms with E-state index >= 15 is 0 Å². The lowest BCUT2D eigenvalue weighted by Crippen LogP contribution is -2.35. The molecule has 4 rings (SSSR count). The molecule has 24 heavy (non-hydrogen) atoms. The van der Waals surface area contributed by atoms with Crippen LogP contribution in [0.25, 0.3) is 0 Å². The van der Waals surface area contributed by atoms with Gasteiger partial charge in [-0.15, -0.1) is 11.3 Å². The standard InChI is InChI=1S/C18H25N3O2S/c1-2-4-8-18(7-3-1)22-13-14(23-18)12-21-16(15-6-5-11-24-15)17-19-9-10-20-17/h5-6,9-11,14,16,21H,1-4,7-8,12-13H2,(H,19,20)/t14-,16-/m0/s1. The number of nitrogens with one attached hydrogen (secondary N) is 2. The van der Waals surface area contributed by atoms with Crippen LogP contribution < -0.4 is 5.32 Å². The first kappa shape index (κ1) is 16.3. The normalized spacial score (nSPS) is 24.9. The van der Waals surface area contributed by atoms with Crippen molar-refractivity contribution < 1.29 is 9.47 Å². The van der Waals surface area contributed by atoms with Crippen molar-refractivity contribution in [1.29, 1.82) is 0 Å². The molecular formula is C18H25N3O2S. The Balaban J connectivity index is 1.38. The summed E-state index contributed by atoms with van der Waals surface area (Å²) < 4.78 is 12.4. The third kappa shape index (κ3) is 3.57. The highest BCUT2D eigenvalue weighted by atomic mass is 32.1. The summed E-state index contributed by atoms with van der Waals surface area (Å²) in [6.07, 6.45) is 10.9. The van der Waals surface area contributed by atoms with Gasteiger partial charge in [0.25, 0.3) is 0 Å². The largest absolute Gasteiger partial charge is 0.347 e. The SMILES string of the molecule is c1csc([C@H](NC[C@H]2COC3(CCCCCC3)O2)c2ncc[nH]2)c1. The lowest BCUT2D eigenvalue weighted by molar-refractivity contribution is -0.175. The Morgan fingerprint density at radius 3 is 2.92 bits per heavy atom. The van der Waals surface area contributed by atoms with E-state index in [1.165, 1.54) is 30.6 Å². The summed E-state index contributed by atoms with van der Waals surface area (Å²) in [4.78, 5) is 8.91. The van der Waals surface area contributed by atoms with Crippen LogP contribution in [-0.2, 0) is 9.47 Å². The fourth-order valence-corrected chi connectivity index (χ4v) is 4.52. The second-order valence-electron chi connectivity index (χ2n) is 6.71. The zero-order chi connectivity index (χ0) is 16.2. The minimum Gasteiger partial charge on any atom is -0.347 e. The van der Waals surface area contributed by atoms with Gasteiger partial charge in [0.05, 0.1) is 12.7 Å². The fraction of sp³-hybridized carbons (Fsp3) is 0.611. The number of hydrogen-bond donors (Lipinski definition) is 2. The van der Waals surface area contributed by atoms with Gasteiger partial charge in [0.15, 0.2) is 5.79 Å². The maximum atomic E-state index is 6.34. The van der Waals surface area contributed by atoms with Crippen molar-refractivity contribution >= 4 is 11.3 Å². The van der Waals surface area contributed by atoms with Crippen LogP contribution in [0.4, 0.5) is 0 Å². The summed E-state index contributed by atoms with van der Waals surface area (Å²) in [6, 6.07) is 4.30. The zero-order valence-corrected chi connectivity index (χ0v) is 14.7. The summed E-state index contributed by atoms with van der Waals surface area (Å²) in [5, 5.41) is 5.72. The van der Waals surface area contributed by atoms with Crippen molar-refractivity contribution in [1.82, 2.24) is 15.3 Å². The molecule has 5 nitrogen and oxygen atoms in total.